The molecule has 0 amide bonds. The molecule has 0 aliphatic rings. The van der Waals surface area contributed by atoms with Gasteiger partial charge in [-0.25, -0.2) is 4.39 Å². The Kier molecular flexibility index (Phi) is 5.98. The molecule has 0 bridgehead atoms. The van der Waals surface area contributed by atoms with Gasteiger partial charge >= 0.3 is 0 Å². The monoisotopic (exact) mass is 239 g/mol. The van der Waals surface area contributed by atoms with Crippen molar-refractivity contribution in [3.63, 3.8) is 0 Å². The highest BCUT2D eigenvalue weighted by Gasteiger charge is 2.15. The smallest absolute Gasteiger partial charge is 0.131 e. The van der Waals surface area contributed by atoms with E-state index < -0.39 is 0 Å². The molecular weight excluding hydrogens is 217 g/mol. The van der Waals surface area contributed by atoms with Crippen molar-refractivity contribution in [2.45, 2.75) is 39.7 Å². The van der Waals surface area contributed by atoms with Crippen molar-refractivity contribution in [3.8, 4) is 5.75 Å². The Balaban J connectivity index is 2.85. The van der Waals surface area contributed by atoms with Gasteiger partial charge in [0.1, 0.15) is 11.6 Å². The maximum absolute atomic E-state index is 13.8. The molecule has 0 saturated carbocycles. The highest BCUT2D eigenvalue weighted by molar-refractivity contribution is 5.37. The first-order chi connectivity index (χ1) is 8.20. The van der Waals surface area contributed by atoms with E-state index in [0.29, 0.717) is 17.9 Å². The first kappa shape index (κ1) is 14.0. The molecule has 1 aromatic rings. The molecule has 1 atom stereocenters. The molecule has 0 aliphatic heterocycles. The summed E-state index contributed by atoms with van der Waals surface area (Å²) in [6, 6.07) is 4.98. The molecular formula is C14H22FNO. The van der Waals surface area contributed by atoms with Crippen molar-refractivity contribution in [3.05, 3.63) is 29.6 Å². The second kappa shape index (κ2) is 7.28. The minimum absolute atomic E-state index is 0.0250. The number of halogens is 1. The van der Waals surface area contributed by atoms with Gasteiger partial charge in [-0.05, 0) is 38.4 Å². The molecule has 0 spiro atoms. The maximum atomic E-state index is 13.8. The Hall–Kier alpha value is -1.09. The quantitative estimate of drug-likeness (QED) is 0.783. The van der Waals surface area contributed by atoms with Gasteiger partial charge in [-0.2, -0.15) is 0 Å². The fourth-order valence-electron chi connectivity index (χ4n) is 1.74. The fourth-order valence-corrected chi connectivity index (χ4v) is 1.74. The van der Waals surface area contributed by atoms with Crippen LogP contribution in [0.3, 0.4) is 0 Å². The number of ether oxygens (including phenoxy) is 1. The Morgan fingerprint density at radius 1 is 1.29 bits per heavy atom. The van der Waals surface area contributed by atoms with Gasteiger partial charge in [-0.3, -0.25) is 0 Å². The van der Waals surface area contributed by atoms with E-state index in [1.807, 2.05) is 19.9 Å². The van der Waals surface area contributed by atoms with Crippen LogP contribution in [-0.4, -0.2) is 13.2 Å². The lowest BCUT2D eigenvalue weighted by atomic mass is 10.1. The molecule has 1 N–H and O–H groups in total. The van der Waals surface area contributed by atoms with Crippen LogP contribution in [-0.2, 0) is 0 Å². The fraction of sp³-hybridized carbons (Fsp3) is 0.571. The lowest BCUT2D eigenvalue weighted by Crippen LogP contribution is -2.21. The van der Waals surface area contributed by atoms with Gasteiger partial charge < -0.3 is 10.1 Å². The average Bonchev–Trinajstić information content (AvgIpc) is 2.33. The number of hydrogen-bond donors (Lipinski definition) is 1. The van der Waals surface area contributed by atoms with Crippen LogP contribution in [0.25, 0.3) is 0 Å². The summed E-state index contributed by atoms with van der Waals surface area (Å²) in [5, 5.41) is 3.29. The first-order valence-electron chi connectivity index (χ1n) is 6.35. The van der Waals surface area contributed by atoms with Gasteiger partial charge in [0.25, 0.3) is 0 Å². The van der Waals surface area contributed by atoms with E-state index >= 15 is 0 Å². The zero-order valence-corrected chi connectivity index (χ0v) is 10.9. The molecule has 2 nitrogen and oxygen atoms in total. The van der Waals surface area contributed by atoms with E-state index in [-0.39, 0.29) is 11.9 Å². The zero-order chi connectivity index (χ0) is 12.7. The van der Waals surface area contributed by atoms with Crippen LogP contribution < -0.4 is 10.1 Å². The van der Waals surface area contributed by atoms with E-state index in [0.717, 1.165) is 19.4 Å². The van der Waals surface area contributed by atoms with E-state index in [4.69, 9.17) is 4.74 Å². The number of benzene rings is 1. The maximum Gasteiger partial charge on any atom is 0.131 e. The zero-order valence-electron chi connectivity index (χ0n) is 10.9. The molecule has 0 aliphatic carbocycles. The Labute approximate surface area is 103 Å². The third-order valence-electron chi connectivity index (χ3n) is 2.61. The highest BCUT2D eigenvalue weighted by Crippen LogP contribution is 2.28. The van der Waals surface area contributed by atoms with Gasteiger partial charge in [0.15, 0.2) is 0 Å². The number of rotatable bonds is 7. The van der Waals surface area contributed by atoms with Gasteiger partial charge in [-0.1, -0.05) is 19.9 Å². The molecule has 0 radical (unpaired) electrons. The molecule has 0 saturated heterocycles. The Morgan fingerprint density at radius 2 is 2.06 bits per heavy atom. The van der Waals surface area contributed by atoms with E-state index in [9.17, 15) is 4.39 Å². The van der Waals surface area contributed by atoms with Crippen molar-refractivity contribution in [2.75, 3.05) is 13.2 Å². The van der Waals surface area contributed by atoms with Crippen LogP contribution in [0.1, 0.15) is 45.2 Å². The summed E-state index contributed by atoms with van der Waals surface area (Å²) in [6.07, 6.45) is 1.96. The van der Waals surface area contributed by atoms with Gasteiger partial charge in [0, 0.05) is 11.6 Å². The van der Waals surface area contributed by atoms with Crippen molar-refractivity contribution < 1.29 is 9.13 Å². The lowest BCUT2D eigenvalue weighted by Gasteiger charge is -2.18. The topological polar surface area (TPSA) is 21.3 Å². The van der Waals surface area contributed by atoms with Gasteiger partial charge in [-0.15, -0.1) is 0 Å². The van der Waals surface area contributed by atoms with E-state index in [2.05, 4.69) is 12.2 Å². The molecule has 3 heteroatoms. The largest absolute Gasteiger partial charge is 0.493 e. The molecule has 1 rings (SSSR count). The van der Waals surface area contributed by atoms with Crippen molar-refractivity contribution in [1.29, 1.82) is 0 Å². The Bertz CT molecular complexity index is 341. The summed E-state index contributed by atoms with van der Waals surface area (Å²) in [4.78, 5) is 0. The first-order valence-corrected chi connectivity index (χ1v) is 6.35. The van der Waals surface area contributed by atoms with E-state index in [1.54, 1.807) is 6.07 Å². The van der Waals surface area contributed by atoms with Crippen LogP contribution in [0.4, 0.5) is 4.39 Å². The van der Waals surface area contributed by atoms with Crippen LogP contribution in [0, 0.1) is 5.82 Å². The molecule has 0 fully saturated rings. The average molecular weight is 239 g/mol. The van der Waals surface area contributed by atoms with Crippen LogP contribution in [0.2, 0.25) is 0 Å². The molecule has 1 aromatic carbocycles. The Morgan fingerprint density at radius 3 is 2.71 bits per heavy atom. The van der Waals surface area contributed by atoms with Crippen LogP contribution in [0.5, 0.6) is 5.75 Å². The molecule has 17 heavy (non-hydrogen) atoms. The lowest BCUT2D eigenvalue weighted by molar-refractivity contribution is 0.307. The standard InChI is InChI=1S/C14H22FNO/c1-4-9-16-11(3)14-12(15)7-6-8-13(14)17-10-5-2/h6-8,11,16H,4-5,9-10H2,1-3H3. The predicted octanol–water partition coefficient (Wildman–Crippen LogP) is 3.68. The van der Waals surface area contributed by atoms with Crippen molar-refractivity contribution >= 4 is 0 Å². The summed E-state index contributed by atoms with van der Waals surface area (Å²) >= 11 is 0. The van der Waals surface area contributed by atoms with E-state index in [1.165, 1.54) is 6.07 Å². The summed E-state index contributed by atoms with van der Waals surface area (Å²) in [7, 11) is 0. The minimum Gasteiger partial charge on any atom is -0.493 e. The van der Waals surface area contributed by atoms with Crippen LogP contribution in [0.15, 0.2) is 18.2 Å². The van der Waals surface area contributed by atoms with Crippen molar-refractivity contribution in [1.82, 2.24) is 5.32 Å². The van der Waals surface area contributed by atoms with Gasteiger partial charge in [0.05, 0.1) is 6.61 Å². The molecule has 0 aromatic heterocycles. The van der Waals surface area contributed by atoms with Crippen molar-refractivity contribution in [2.24, 2.45) is 0 Å². The van der Waals surface area contributed by atoms with Crippen LogP contribution >= 0.6 is 0 Å². The second-order valence-corrected chi connectivity index (χ2v) is 4.18. The molecule has 0 heterocycles. The number of hydrogen-bond acceptors (Lipinski definition) is 2. The molecule has 1 unspecified atom stereocenters. The summed E-state index contributed by atoms with van der Waals surface area (Å²) in [5.41, 5.74) is 0.634. The second-order valence-electron chi connectivity index (χ2n) is 4.18. The van der Waals surface area contributed by atoms with Gasteiger partial charge in [0.2, 0.25) is 0 Å². The summed E-state index contributed by atoms with van der Waals surface area (Å²) < 4.78 is 19.4. The minimum atomic E-state index is -0.199. The third kappa shape index (κ3) is 4.00. The predicted molar refractivity (Wildman–Crippen MR) is 68.9 cm³/mol. The summed E-state index contributed by atoms with van der Waals surface area (Å²) in [6.45, 7) is 7.60. The summed E-state index contributed by atoms with van der Waals surface area (Å²) in [5.74, 6) is 0.456. The molecule has 96 valence electrons. The normalized spacial score (nSPS) is 12.5. The number of nitrogens with one attached hydrogen (secondary N) is 1. The SMILES string of the molecule is CCCNC(C)c1c(F)cccc1OCCC. The highest BCUT2D eigenvalue weighted by atomic mass is 19.1. The third-order valence-corrected chi connectivity index (χ3v) is 2.61.